The quantitative estimate of drug-likeness (QED) is 0.732. The van der Waals surface area contributed by atoms with E-state index in [9.17, 15) is 14.0 Å². The molecule has 0 radical (unpaired) electrons. The van der Waals surface area contributed by atoms with Crippen LogP contribution in [0, 0.1) is 5.82 Å². The van der Waals surface area contributed by atoms with Crippen LogP contribution in [0.3, 0.4) is 0 Å². The zero-order valence-corrected chi connectivity index (χ0v) is 17.0. The van der Waals surface area contributed by atoms with Crippen molar-refractivity contribution in [2.45, 2.75) is 6.04 Å². The topological polar surface area (TPSA) is 64.7 Å². The molecule has 1 heterocycles. The summed E-state index contributed by atoms with van der Waals surface area (Å²) in [6, 6.07) is 12.8. The van der Waals surface area contributed by atoms with Crippen LogP contribution in [0.25, 0.3) is 0 Å². The average molecular weight is 419 g/mol. The van der Waals surface area contributed by atoms with Gasteiger partial charge in [-0.05, 0) is 36.9 Å². The number of carbonyl (C=O) groups is 2. The van der Waals surface area contributed by atoms with Gasteiger partial charge in [-0.2, -0.15) is 0 Å². The van der Waals surface area contributed by atoms with Gasteiger partial charge in [-0.1, -0.05) is 35.9 Å². The molecular weight excluding hydrogens is 395 g/mol. The number of amides is 2. The molecule has 2 amide bonds. The molecule has 1 saturated heterocycles. The van der Waals surface area contributed by atoms with Crippen LogP contribution >= 0.6 is 11.6 Å². The van der Waals surface area contributed by atoms with Gasteiger partial charge in [-0.25, -0.2) is 4.39 Å². The third-order valence-corrected chi connectivity index (χ3v) is 5.35. The fourth-order valence-corrected chi connectivity index (χ4v) is 3.47. The third kappa shape index (κ3) is 5.76. The highest BCUT2D eigenvalue weighted by Crippen LogP contribution is 2.22. The molecule has 1 aliphatic heterocycles. The van der Waals surface area contributed by atoms with E-state index in [4.69, 9.17) is 11.6 Å². The van der Waals surface area contributed by atoms with Gasteiger partial charge in [-0.3, -0.25) is 14.5 Å². The van der Waals surface area contributed by atoms with E-state index in [2.05, 4.69) is 27.5 Å². The van der Waals surface area contributed by atoms with E-state index in [0.29, 0.717) is 10.7 Å². The molecule has 154 valence electrons. The zero-order valence-electron chi connectivity index (χ0n) is 16.2. The number of anilines is 1. The van der Waals surface area contributed by atoms with E-state index in [1.807, 2.05) is 0 Å². The summed E-state index contributed by atoms with van der Waals surface area (Å²) >= 11 is 6.02. The molecule has 0 bridgehead atoms. The Labute approximate surface area is 174 Å². The van der Waals surface area contributed by atoms with E-state index in [-0.39, 0.29) is 18.4 Å². The molecule has 0 aliphatic carbocycles. The SMILES string of the molecule is CN1CCN([C@@H](CNC(=O)C(=O)Nc2ccccc2Cl)c2ccc(F)cc2)CC1. The maximum atomic E-state index is 13.3. The molecule has 6 nitrogen and oxygen atoms in total. The van der Waals surface area contributed by atoms with Crippen LogP contribution < -0.4 is 10.6 Å². The first kappa shape index (κ1) is 21.2. The van der Waals surface area contributed by atoms with Crippen molar-refractivity contribution in [2.24, 2.45) is 0 Å². The number of benzene rings is 2. The lowest BCUT2D eigenvalue weighted by molar-refractivity contribution is -0.136. The van der Waals surface area contributed by atoms with Crippen molar-refractivity contribution in [2.75, 3.05) is 45.1 Å². The molecule has 0 unspecified atom stereocenters. The maximum Gasteiger partial charge on any atom is 0.313 e. The molecule has 3 rings (SSSR count). The van der Waals surface area contributed by atoms with Crippen LogP contribution in [0.4, 0.5) is 10.1 Å². The lowest BCUT2D eigenvalue weighted by Gasteiger charge is -2.38. The predicted octanol–water partition coefficient (Wildman–Crippen LogP) is 2.52. The number of piperazine rings is 1. The van der Waals surface area contributed by atoms with Gasteiger partial charge in [0.05, 0.1) is 16.8 Å². The minimum Gasteiger partial charge on any atom is -0.346 e. The van der Waals surface area contributed by atoms with Gasteiger partial charge in [-0.15, -0.1) is 0 Å². The van der Waals surface area contributed by atoms with Crippen molar-refractivity contribution < 1.29 is 14.0 Å². The zero-order chi connectivity index (χ0) is 20.8. The van der Waals surface area contributed by atoms with Crippen molar-refractivity contribution in [1.29, 1.82) is 0 Å². The first-order valence-electron chi connectivity index (χ1n) is 9.46. The number of halogens is 2. The molecule has 1 fully saturated rings. The molecule has 0 spiro atoms. The monoisotopic (exact) mass is 418 g/mol. The first-order chi connectivity index (χ1) is 13.9. The van der Waals surface area contributed by atoms with Gasteiger partial charge < -0.3 is 15.5 Å². The Balaban J connectivity index is 1.65. The van der Waals surface area contributed by atoms with E-state index in [1.54, 1.807) is 36.4 Å². The van der Waals surface area contributed by atoms with E-state index < -0.39 is 11.8 Å². The summed E-state index contributed by atoms with van der Waals surface area (Å²) in [6.07, 6.45) is 0. The van der Waals surface area contributed by atoms with Crippen molar-refractivity contribution in [3.63, 3.8) is 0 Å². The fourth-order valence-electron chi connectivity index (χ4n) is 3.29. The summed E-state index contributed by atoms with van der Waals surface area (Å²) in [6.45, 7) is 3.68. The van der Waals surface area contributed by atoms with Gasteiger partial charge in [0.2, 0.25) is 0 Å². The summed E-state index contributed by atoms with van der Waals surface area (Å²) in [5, 5.41) is 5.57. The number of nitrogens with zero attached hydrogens (tertiary/aromatic N) is 2. The van der Waals surface area contributed by atoms with E-state index in [1.165, 1.54) is 12.1 Å². The molecule has 2 N–H and O–H groups in total. The predicted molar refractivity (Wildman–Crippen MR) is 111 cm³/mol. The molecule has 1 aliphatic rings. The van der Waals surface area contributed by atoms with Crippen molar-refractivity contribution in [1.82, 2.24) is 15.1 Å². The van der Waals surface area contributed by atoms with Crippen LogP contribution in [0.1, 0.15) is 11.6 Å². The molecule has 2 aromatic carbocycles. The van der Waals surface area contributed by atoms with Crippen molar-refractivity contribution in [3.8, 4) is 0 Å². The number of hydrogen-bond donors (Lipinski definition) is 2. The van der Waals surface area contributed by atoms with Gasteiger partial charge in [0.15, 0.2) is 0 Å². The number of rotatable bonds is 5. The lowest BCUT2D eigenvalue weighted by Crippen LogP contribution is -2.49. The molecule has 1 atom stereocenters. The summed E-state index contributed by atoms with van der Waals surface area (Å²) in [4.78, 5) is 29.0. The van der Waals surface area contributed by atoms with Gasteiger partial charge >= 0.3 is 11.8 Å². The Bertz CT molecular complexity index is 854. The molecule has 29 heavy (non-hydrogen) atoms. The Morgan fingerprint density at radius 2 is 1.69 bits per heavy atom. The van der Waals surface area contributed by atoms with Gasteiger partial charge in [0, 0.05) is 32.7 Å². The lowest BCUT2D eigenvalue weighted by atomic mass is 10.0. The molecular formula is C21H24ClFN4O2. The second-order valence-corrected chi connectivity index (χ2v) is 7.46. The first-order valence-corrected chi connectivity index (χ1v) is 9.83. The van der Waals surface area contributed by atoms with Crippen LogP contribution in [0.5, 0.6) is 0 Å². The second-order valence-electron chi connectivity index (χ2n) is 7.05. The molecule has 0 saturated carbocycles. The molecule has 0 aromatic heterocycles. The minimum atomic E-state index is -0.783. The van der Waals surface area contributed by atoms with Gasteiger partial charge in [0.25, 0.3) is 0 Å². The number of carbonyl (C=O) groups excluding carboxylic acids is 2. The fraction of sp³-hybridized carbons (Fsp3) is 0.333. The Morgan fingerprint density at radius 3 is 2.34 bits per heavy atom. The highest BCUT2D eigenvalue weighted by Gasteiger charge is 2.25. The summed E-state index contributed by atoms with van der Waals surface area (Å²) in [7, 11) is 2.06. The number of likely N-dealkylation sites (N-methyl/N-ethyl adjacent to an activating group) is 1. The summed E-state index contributed by atoms with van der Waals surface area (Å²) in [5.41, 5.74) is 1.27. The number of para-hydroxylation sites is 1. The van der Waals surface area contributed by atoms with Crippen LogP contribution in [0.15, 0.2) is 48.5 Å². The second kappa shape index (κ2) is 9.82. The van der Waals surface area contributed by atoms with Crippen molar-refractivity contribution >= 4 is 29.1 Å². The van der Waals surface area contributed by atoms with Gasteiger partial charge in [0.1, 0.15) is 5.82 Å². The standard InChI is InChI=1S/C21H24ClFN4O2/c1-26-10-12-27(13-11-26)19(15-6-8-16(23)9-7-15)14-24-20(28)21(29)25-18-5-3-2-4-17(18)22/h2-9,19H,10-14H2,1H3,(H,24,28)(H,25,29)/t19-/m0/s1. The number of hydrogen-bond acceptors (Lipinski definition) is 4. The highest BCUT2D eigenvalue weighted by atomic mass is 35.5. The summed E-state index contributed by atoms with van der Waals surface area (Å²) in [5.74, 6) is -1.84. The van der Waals surface area contributed by atoms with Crippen molar-refractivity contribution in [3.05, 3.63) is 64.9 Å². The Kier molecular flexibility index (Phi) is 7.19. The highest BCUT2D eigenvalue weighted by molar-refractivity contribution is 6.41. The van der Waals surface area contributed by atoms with Crippen LogP contribution in [-0.4, -0.2) is 61.4 Å². The normalized spacial score (nSPS) is 16.2. The molecule has 8 heteroatoms. The number of nitrogens with one attached hydrogen (secondary N) is 2. The van der Waals surface area contributed by atoms with Crippen LogP contribution in [0.2, 0.25) is 5.02 Å². The average Bonchev–Trinajstić information content (AvgIpc) is 2.72. The third-order valence-electron chi connectivity index (χ3n) is 5.02. The Morgan fingerprint density at radius 1 is 1.03 bits per heavy atom. The Hall–Kier alpha value is -2.48. The summed E-state index contributed by atoms with van der Waals surface area (Å²) < 4.78 is 13.3. The molecule has 2 aromatic rings. The minimum absolute atomic E-state index is 0.152. The van der Waals surface area contributed by atoms with E-state index >= 15 is 0 Å². The van der Waals surface area contributed by atoms with E-state index in [0.717, 1.165) is 31.7 Å². The van der Waals surface area contributed by atoms with Crippen LogP contribution in [-0.2, 0) is 9.59 Å². The smallest absolute Gasteiger partial charge is 0.313 e. The largest absolute Gasteiger partial charge is 0.346 e. The maximum absolute atomic E-state index is 13.3.